The van der Waals surface area contributed by atoms with E-state index >= 15 is 0 Å². The standard InChI is InChI=1S/C7H14N2O/c1-9-4-6-7(5-9)10-3-2-8-6/h6-8H,2-5H2,1H3/t6-,7+/m1/s1. The molecule has 2 heterocycles. The highest BCUT2D eigenvalue weighted by molar-refractivity contribution is 4.90. The Morgan fingerprint density at radius 2 is 2.40 bits per heavy atom. The van der Waals surface area contributed by atoms with Crippen molar-refractivity contribution in [1.82, 2.24) is 10.2 Å². The summed E-state index contributed by atoms with van der Waals surface area (Å²) < 4.78 is 5.57. The van der Waals surface area contributed by atoms with Crippen LogP contribution in [0.15, 0.2) is 0 Å². The summed E-state index contributed by atoms with van der Waals surface area (Å²) in [5.74, 6) is 0. The van der Waals surface area contributed by atoms with Crippen LogP contribution in [0.1, 0.15) is 0 Å². The second-order valence-electron chi connectivity index (χ2n) is 3.19. The molecule has 58 valence electrons. The van der Waals surface area contributed by atoms with Gasteiger partial charge in [-0.2, -0.15) is 0 Å². The number of morpholine rings is 1. The van der Waals surface area contributed by atoms with Crippen LogP contribution in [0.25, 0.3) is 0 Å². The molecule has 2 atom stereocenters. The summed E-state index contributed by atoms with van der Waals surface area (Å²) in [6.45, 7) is 4.15. The van der Waals surface area contributed by atoms with Gasteiger partial charge in [-0.05, 0) is 7.05 Å². The third-order valence-corrected chi connectivity index (χ3v) is 2.29. The van der Waals surface area contributed by atoms with Crippen molar-refractivity contribution in [1.29, 1.82) is 0 Å². The van der Waals surface area contributed by atoms with Gasteiger partial charge in [-0.15, -0.1) is 0 Å². The number of rotatable bonds is 0. The van der Waals surface area contributed by atoms with Crippen molar-refractivity contribution in [3.63, 3.8) is 0 Å². The van der Waals surface area contributed by atoms with Crippen LogP contribution in [-0.2, 0) is 4.74 Å². The summed E-state index contributed by atoms with van der Waals surface area (Å²) in [6, 6.07) is 0.596. The Labute approximate surface area is 61.3 Å². The Morgan fingerprint density at radius 1 is 1.50 bits per heavy atom. The Kier molecular flexibility index (Phi) is 1.64. The third kappa shape index (κ3) is 1.05. The molecule has 2 aliphatic rings. The number of likely N-dealkylation sites (tertiary alicyclic amines) is 1. The molecule has 0 unspecified atom stereocenters. The highest BCUT2D eigenvalue weighted by atomic mass is 16.5. The van der Waals surface area contributed by atoms with Crippen molar-refractivity contribution in [3.05, 3.63) is 0 Å². The Balaban J connectivity index is 1.97. The molecule has 0 saturated carbocycles. The molecule has 2 fully saturated rings. The zero-order chi connectivity index (χ0) is 6.97. The zero-order valence-electron chi connectivity index (χ0n) is 6.34. The summed E-state index contributed by atoms with van der Waals surface area (Å²) in [6.07, 6.45) is 0.457. The van der Waals surface area contributed by atoms with E-state index in [9.17, 15) is 0 Å². The monoisotopic (exact) mass is 142 g/mol. The molecule has 0 aromatic carbocycles. The van der Waals surface area contributed by atoms with E-state index < -0.39 is 0 Å². The maximum atomic E-state index is 5.57. The average molecular weight is 142 g/mol. The predicted molar refractivity (Wildman–Crippen MR) is 39.0 cm³/mol. The largest absolute Gasteiger partial charge is 0.374 e. The van der Waals surface area contributed by atoms with Crippen molar-refractivity contribution in [2.45, 2.75) is 12.1 Å². The average Bonchev–Trinajstić information content (AvgIpc) is 2.27. The van der Waals surface area contributed by atoms with Crippen LogP contribution in [0, 0.1) is 0 Å². The van der Waals surface area contributed by atoms with Crippen LogP contribution in [0.4, 0.5) is 0 Å². The lowest BCUT2D eigenvalue weighted by atomic mass is 10.2. The van der Waals surface area contributed by atoms with E-state index in [0.717, 1.165) is 26.2 Å². The molecule has 2 aliphatic heterocycles. The summed E-state index contributed by atoms with van der Waals surface area (Å²) in [7, 11) is 2.14. The van der Waals surface area contributed by atoms with Gasteiger partial charge in [0.05, 0.1) is 12.7 Å². The molecule has 0 aromatic rings. The molecular formula is C7H14N2O. The van der Waals surface area contributed by atoms with E-state index in [1.807, 2.05) is 0 Å². The number of nitrogens with zero attached hydrogens (tertiary/aromatic N) is 1. The number of nitrogens with one attached hydrogen (secondary N) is 1. The van der Waals surface area contributed by atoms with Crippen LogP contribution in [0.3, 0.4) is 0 Å². The zero-order valence-corrected chi connectivity index (χ0v) is 6.34. The van der Waals surface area contributed by atoms with Gasteiger partial charge in [0.15, 0.2) is 0 Å². The molecule has 0 bridgehead atoms. The lowest BCUT2D eigenvalue weighted by Crippen LogP contribution is -2.47. The minimum Gasteiger partial charge on any atom is -0.374 e. The highest BCUT2D eigenvalue weighted by Crippen LogP contribution is 2.13. The van der Waals surface area contributed by atoms with E-state index in [4.69, 9.17) is 4.74 Å². The Morgan fingerprint density at radius 3 is 3.20 bits per heavy atom. The molecule has 2 saturated heterocycles. The summed E-state index contributed by atoms with van der Waals surface area (Å²) in [5, 5.41) is 3.44. The highest BCUT2D eigenvalue weighted by Gasteiger charge is 2.33. The van der Waals surface area contributed by atoms with Crippen LogP contribution in [0.5, 0.6) is 0 Å². The van der Waals surface area contributed by atoms with E-state index in [-0.39, 0.29) is 0 Å². The quantitative estimate of drug-likeness (QED) is 0.483. The maximum Gasteiger partial charge on any atom is 0.0867 e. The third-order valence-electron chi connectivity index (χ3n) is 2.29. The van der Waals surface area contributed by atoms with Gasteiger partial charge in [-0.1, -0.05) is 0 Å². The fraction of sp³-hybridized carbons (Fsp3) is 1.00. The normalized spacial score (nSPS) is 41.7. The number of hydrogen-bond donors (Lipinski definition) is 1. The molecule has 2 rings (SSSR count). The minimum absolute atomic E-state index is 0.457. The van der Waals surface area contributed by atoms with Crippen molar-refractivity contribution in [3.8, 4) is 0 Å². The van der Waals surface area contributed by atoms with Gasteiger partial charge in [0.1, 0.15) is 0 Å². The molecule has 0 aliphatic carbocycles. The fourth-order valence-electron chi connectivity index (χ4n) is 1.78. The van der Waals surface area contributed by atoms with E-state index in [1.165, 1.54) is 0 Å². The fourth-order valence-corrected chi connectivity index (χ4v) is 1.78. The lowest BCUT2D eigenvalue weighted by molar-refractivity contribution is 0.0184. The SMILES string of the molecule is CN1C[C@@H]2OCCN[C@@H]2C1. The molecule has 0 spiro atoms. The molecule has 0 amide bonds. The van der Waals surface area contributed by atoms with Gasteiger partial charge in [0, 0.05) is 25.7 Å². The molecular weight excluding hydrogens is 128 g/mol. The molecule has 3 nitrogen and oxygen atoms in total. The van der Waals surface area contributed by atoms with Crippen LogP contribution in [0.2, 0.25) is 0 Å². The van der Waals surface area contributed by atoms with Crippen LogP contribution in [-0.4, -0.2) is 50.3 Å². The van der Waals surface area contributed by atoms with Gasteiger partial charge in [0.25, 0.3) is 0 Å². The molecule has 1 N–H and O–H groups in total. The van der Waals surface area contributed by atoms with Crippen molar-refractivity contribution in [2.75, 3.05) is 33.3 Å². The topological polar surface area (TPSA) is 24.5 Å². The van der Waals surface area contributed by atoms with Crippen molar-refractivity contribution >= 4 is 0 Å². The summed E-state index contributed by atoms with van der Waals surface area (Å²) in [5.41, 5.74) is 0. The number of ether oxygens (including phenoxy) is 1. The molecule has 3 heteroatoms. The van der Waals surface area contributed by atoms with Crippen LogP contribution < -0.4 is 5.32 Å². The van der Waals surface area contributed by atoms with Gasteiger partial charge in [-0.25, -0.2) is 0 Å². The van der Waals surface area contributed by atoms with Crippen molar-refractivity contribution < 1.29 is 4.74 Å². The first kappa shape index (κ1) is 6.58. The first-order chi connectivity index (χ1) is 4.86. The second-order valence-corrected chi connectivity index (χ2v) is 3.19. The number of likely N-dealkylation sites (N-methyl/N-ethyl adjacent to an activating group) is 1. The minimum atomic E-state index is 0.457. The number of fused-ring (bicyclic) bond motifs is 1. The van der Waals surface area contributed by atoms with Crippen LogP contribution >= 0.6 is 0 Å². The van der Waals surface area contributed by atoms with E-state index in [0.29, 0.717) is 12.1 Å². The smallest absolute Gasteiger partial charge is 0.0867 e. The first-order valence-corrected chi connectivity index (χ1v) is 3.90. The predicted octanol–water partition coefficient (Wildman–Crippen LogP) is -0.711. The first-order valence-electron chi connectivity index (χ1n) is 3.90. The lowest BCUT2D eigenvalue weighted by Gasteiger charge is -2.25. The van der Waals surface area contributed by atoms with Crippen molar-refractivity contribution in [2.24, 2.45) is 0 Å². The van der Waals surface area contributed by atoms with E-state index in [2.05, 4.69) is 17.3 Å². The van der Waals surface area contributed by atoms with Gasteiger partial charge < -0.3 is 15.0 Å². The number of hydrogen-bond acceptors (Lipinski definition) is 3. The second kappa shape index (κ2) is 2.49. The summed E-state index contributed by atoms with van der Waals surface area (Å²) >= 11 is 0. The Hall–Kier alpha value is -0.120. The van der Waals surface area contributed by atoms with Gasteiger partial charge in [-0.3, -0.25) is 0 Å². The molecule has 0 radical (unpaired) electrons. The van der Waals surface area contributed by atoms with Gasteiger partial charge in [0.2, 0.25) is 0 Å². The molecule has 10 heavy (non-hydrogen) atoms. The summed E-state index contributed by atoms with van der Waals surface area (Å²) in [4.78, 5) is 2.31. The molecule has 0 aromatic heterocycles. The maximum absolute atomic E-state index is 5.57. The van der Waals surface area contributed by atoms with E-state index in [1.54, 1.807) is 0 Å². The van der Waals surface area contributed by atoms with Gasteiger partial charge >= 0.3 is 0 Å². The Bertz CT molecular complexity index is 115.